The molecule has 26 heteroatoms. The van der Waals surface area contributed by atoms with E-state index in [9.17, 15) is 53.9 Å². The average Bonchev–Trinajstić information content (AvgIpc) is 3.69. The maximum absolute atomic E-state index is 13.5. The summed E-state index contributed by atoms with van der Waals surface area (Å²) >= 11 is 1.61. The lowest BCUT2D eigenvalue weighted by Crippen LogP contribution is -2.51. The third-order valence-corrected chi connectivity index (χ3v) is 9.82. The molecule has 0 aliphatic carbocycles. The van der Waals surface area contributed by atoms with Gasteiger partial charge in [-0.1, -0.05) is 62.7 Å². The van der Waals surface area contributed by atoms with Gasteiger partial charge in [-0.2, -0.15) is 51.3 Å². The summed E-state index contributed by atoms with van der Waals surface area (Å²) in [5.41, 5.74) is 2.97. The Kier molecular flexibility index (Phi) is 25.1. The van der Waals surface area contributed by atoms with Gasteiger partial charge in [-0.15, -0.1) is 0 Å². The van der Waals surface area contributed by atoms with E-state index in [1.54, 1.807) is 36.7 Å². The molecular weight excluding hydrogens is 952 g/mol. The Morgan fingerprint density at radius 1 is 0.794 bits per heavy atom. The predicted molar refractivity (Wildman–Crippen MR) is 228 cm³/mol. The molecule has 0 aliphatic rings. The molecule has 0 fully saturated rings. The Balaban J connectivity index is 0.000000910. The number of carbonyl (C=O) groups is 6. The lowest BCUT2D eigenvalue weighted by atomic mass is 9.97. The van der Waals surface area contributed by atoms with Crippen LogP contribution in [0.1, 0.15) is 43.5 Å². The zero-order valence-corrected chi connectivity index (χ0v) is 37.5. The molecule has 2 amide bonds. The number of fused-ring (bicyclic) bond motifs is 1. The van der Waals surface area contributed by atoms with Gasteiger partial charge >= 0.3 is 42.4 Å². The summed E-state index contributed by atoms with van der Waals surface area (Å²) in [5, 5.41) is 29.8. The van der Waals surface area contributed by atoms with Crippen LogP contribution in [0.3, 0.4) is 0 Å². The number of pyridine rings is 1. The molecule has 16 nitrogen and oxygen atoms in total. The largest absolute Gasteiger partial charge is 0.490 e. The Morgan fingerprint density at radius 2 is 1.34 bits per heavy atom. The topological polar surface area (TPSA) is 230 Å². The number of imidazole rings is 1. The van der Waals surface area contributed by atoms with Crippen LogP contribution in [0.4, 0.5) is 39.5 Å². The maximum atomic E-state index is 13.5. The van der Waals surface area contributed by atoms with Crippen molar-refractivity contribution in [1.82, 2.24) is 30.1 Å². The number of nitrogens with zero attached hydrogens (tertiary/aromatic N) is 4. The highest BCUT2D eigenvalue weighted by molar-refractivity contribution is 7.98. The number of rotatable bonds is 18. The second kappa shape index (κ2) is 28.7. The number of benzene rings is 2. The summed E-state index contributed by atoms with van der Waals surface area (Å²) in [4.78, 5) is 76.6. The van der Waals surface area contributed by atoms with Crippen LogP contribution in [-0.2, 0) is 53.0 Å². The number of ether oxygens (including phenoxy) is 1. The fourth-order valence-corrected chi connectivity index (χ4v) is 6.07. The molecule has 0 radical (unpaired) electrons. The monoisotopic (exact) mass is 1000 g/mol. The van der Waals surface area contributed by atoms with Gasteiger partial charge < -0.3 is 35.3 Å². The molecule has 4 rings (SSSR count). The van der Waals surface area contributed by atoms with Gasteiger partial charge in [-0.25, -0.2) is 24.2 Å². The number of amides is 2. The Hall–Kier alpha value is -6.44. The number of thioether (sulfide) groups is 1. The molecule has 0 saturated heterocycles. The molecular formula is C42H49F9N6O10S. The number of carboxylic acids is 3. The van der Waals surface area contributed by atoms with Crippen molar-refractivity contribution in [2.24, 2.45) is 5.92 Å². The van der Waals surface area contributed by atoms with Crippen molar-refractivity contribution in [3.63, 3.8) is 0 Å². The average molecular weight is 1000 g/mol. The Labute approximate surface area is 387 Å². The molecule has 4 aromatic rings. The molecule has 0 unspecified atom stereocenters. The highest BCUT2D eigenvalue weighted by Gasteiger charge is 2.39. The van der Waals surface area contributed by atoms with Gasteiger partial charge in [0.15, 0.2) is 0 Å². The molecule has 0 spiro atoms. The SMILES string of the molecule is CC[C@H](C)[C@@H](CN(CC(=O)N[C@@H](CCSC)C(=O)OC)Cc1cccc2ccccc12)NC(=O)Cc1cncn1Cc1ccncc1.O=C(O)C(F)(F)F.O=C(O)C(F)(F)F.O=C(O)C(F)(F)F. The van der Waals surface area contributed by atoms with Gasteiger partial charge in [0.2, 0.25) is 11.8 Å². The molecule has 0 bridgehead atoms. The maximum Gasteiger partial charge on any atom is 0.490 e. The minimum absolute atomic E-state index is 0.0531. The van der Waals surface area contributed by atoms with E-state index in [1.165, 1.54) is 7.11 Å². The standard InChI is InChI=1S/C36H46N6O4S.3C2HF3O2/c1-5-26(2)33(40-34(43)19-30-20-38-25-42(30)21-27-13-16-37-17-14-27)23-41(22-29-11-8-10-28-9-6-7-12-31(28)29)24-35(44)39-32(15-18-47-4)36(45)46-3;3*3-2(4,5)1(6)7/h6-14,16-17,20,25-26,32-33H,5,15,18-19,21-24H2,1-4H3,(H,39,44)(H,40,43);3*(H,6,7)/t26-,32-,33+;;;/m0.../s1. The Morgan fingerprint density at radius 3 is 1.85 bits per heavy atom. The fraction of sp³-hybridized carbons (Fsp3) is 0.429. The van der Waals surface area contributed by atoms with Crippen molar-refractivity contribution in [3.05, 3.63) is 96.3 Å². The van der Waals surface area contributed by atoms with Gasteiger partial charge in [-0.3, -0.25) is 19.5 Å². The van der Waals surface area contributed by atoms with Crippen LogP contribution in [0.5, 0.6) is 0 Å². The number of methoxy groups -OCH3 is 1. The van der Waals surface area contributed by atoms with E-state index in [2.05, 4.69) is 63.6 Å². The summed E-state index contributed by atoms with van der Waals surface area (Å²) < 4.78 is 102. The van der Waals surface area contributed by atoms with Crippen LogP contribution in [0.2, 0.25) is 0 Å². The molecule has 2 heterocycles. The fourth-order valence-electron chi connectivity index (χ4n) is 5.60. The summed E-state index contributed by atoms with van der Waals surface area (Å²) in [7, 11) is 1.33. The second-order valence-electron chi connectivity index (χ2n) is 14.2. The van der Waals surface area contributed by atoms with Gasteiger partial charge in [0.25, 0.3) is 0 Å². The van der Waals surface area contributed by atoms with Crippen molar-refractivity contribution in [2.45, 2.75) is 76.8 Å². The van der Waals surface area contributed by atoms with Crippen LogP contribution in [0.25, 0.3) is 10.8 Å². The summed E-state index contributed by atoms with van der Waals surface area (Å²) in [6, 6.07) is 17.3. The first kappa shape index (κ1) is 59.6. The van der Waals surface area contributed by atoms with Crippen molar-refractivity contribution >= 4 is 58.2 Å². The molecule has 2 aromatic heterocycles. The molecule has 0 aliphatic heterocycles. The van der Waals surface area contributed by atoms with E-state index < -0.39 is 48.4 Å². The van der Waals surface area contributed by atoms with E-state index in [0.717, 1.165) is 34.0 Å². The number of nitrogens with one attached hydrogen (secondary N) is 2. The molecule has 2 aromatic carbocycles. The molecule has 3 atom stereocenters. The van der Waals surface area contributed by atoms with E-state index in [4.69, 9.17) is 34.4 Å². The van der Waals surface area contributed by atoms with E-state index in [-0.39, 0.29) is 36.7 Å². The van der Waals surface area contributed by atoms with E-state index in [0.29, 0.717) is 31.8 Å². The normalized spacial score (nSPS) is 12.6. The van der Waals surface area contributed by atoms with Crippen LogP contribution in [0, 0.1) is 5.92 Å². The van der Waals surface area contributed by atoms with Crippen molar-refractivity contribution in [3.8, 4) is 0 Å². The first-order valence-corrected chi connectivity index (χ1v) is 21.2. The van der Waals surface area contributed by atoms with Crippen molar-refractivity contribution in [1.29, 1.82) is 0 Å². The summed E-state index contributed by atoms with van der Waals surface area (Å²) in [5.74, 6) is -8.25. The quantitative estimate of drug-likeness (QED) is 0.0540. The zero-order chi connectivity index (χ0) is 51.8. The lowest BCUT2D eigenvalue weighted by molar-refractivity contribution is -0.193. The highest BCUT2D eigenvalue weighted by Crippen LogP contribution is 2.22. The van der Waals surface area contributed by atoms with Crippen LogP contribution < -0.4 is 10.6 Å². The third-order valence-electron chi connectivity index (χ3n) is 9.17. The molecule has 68 heavy (non-hydrogen) atoms. The number of hydrogen-bond acceptors (Lipinski definition) is 11. The number of aromatic nitrogens is 3. The Bertz CT molecular complexity index is 2170. The van der Waals surface area contributed by atoms with Gasteiger partial charge in [0.1, 0.15) is 6.04 Å². The first-order chi connectivity index (χ1) is 31.6. The number of esters is 1. The number of carboxylic acid groups (broad SMARTS) is 3. The number of carbonyl (C=O) groups excluding carboxylic acids is 3. The van der Waals surface area contributed by atoms with Crippen molar-refractivity contribution in [2.75, 3.05) is 32.2 Å². The number of hydrogen-bond donors (Lipinski definition) is 5. The summed E-state index contributed by atoms with van der Waals surface area (Å²) in [6.45, 7) is 5.80. The smallest absolute Gasteiger partial charge is 0.475 e. The zero-order valence-electron chi connectivity index (χ0n) is 36.7. The van der Waals surface area contributed by atoms with Crippen LogP contribution in [-0.4, -0.2) is 133 Å². The van der Waals surface area contributed by atoms with Crippen LogP contribution >= 0.6 is 11.8 Å². The summed E-state index contributed by atoms with van der Waals surface area (Å²) in [6.07, 6.45) is -4.83. The second-order valence-corrected chi connectivity index (χ2v) is 15.2. The molecule has 0 saturated carbocycles. The lowest BCUT2D eigenvalue weighted by Gasteiger charge is -2.32. The van der Waals surface area contributed by atoms with E-state index in [1.807, 2.05) is 41.2 Å². The minimum atomic E-state index is -5.08. The highest BCUT2D eigenvalue weighted by atomic mass is 32.2. The molecule has 5 N–H and O–H groups in total. The van der Waals surface area contributed by atoms with Crippen molar-refractivity contribution < 1.29 is 88.3 Å². The van der Waals surface area contributed by atoms with Gasteiger partial charge in [0.05, 0.1) is 26.4 Å². The van der Waals surface area contributed by atoms with Crippen LogP contribution in [0.15, 0.2) is 79.5 Å². The minimum Gasteiger partial charge on any atom is -0.475 e. The third kappa shape index (κ3) is 22.8. The number of alkyl halides is 9. The molecule has 376 valence electrons. The van der Waals surface area contributed by atoms with Gasteiger partial charge in [0, 0.05) is 50.0 Å². The van der Waals surface area contributed by atoms with E-state index >= 15 is 0 Å². The van der Waals surface area contributed by atoms with Gasteiger partial charge in [-0.05, 0) is 58.4 Å². The predicted octanol–water partition coefficient (Wildman–Crippen LogP) is 6.37. The number of halogens is 9. The number of aliphatic carboxylic acids is 3. The first-order valence-electron chi connectivity index (χ1n) is 19.8.